The van der Waals surface area contributed by atoms with Crippen molar-refractivity contribution in [3.63, 3.8) is 0 Å². The first-order valence-corrected chi connectivity index (χ1v) is 7.90. The monoisotopic (exact) mass is 331 g/mol. The number of rotatable bonds is 6. The van der Waals surface area contributed by atoms with Crippen molar-refractivity contribution in [2.24, 2.45) is 0 Å². The van der Waals surface area contributed by atoms with Crippen molar-refractivity contribution < 1.29 is 14.7 Å². The summed E-state index contributed by atoms with van der Waals surface area (Å²) < 4.78 is 0. The van der Waals surface area contributed by atoms with Gasteiger partial charge < -0.3 is 10.4 Å². The van der Waals surface area contributed by atoms with E-state index in [1.54, 1.807) is 42.5 Å². The molecular formula is C21H17NO3. The van der Waals surface area contributed by atoms with Crippen LogP contribution in [0.1, 0.15) is 32.3 Å². The zero-order chi connectivity index (χ0) is 17.6. The second-order valence-corrected chi connectivity index (χ2v) is 5.57. The summed E-state index contributed by atoms with van der Waals surface area (Å²) >= 11 is 0. The van der Waals surface area contributed by atoms with Crippen LogP contribution in [0.3, 0.4) is 0 Å². The lowest BCUT2D eigenvalue weighted by atomic mass is 9.96. The third-order valence-electron chi connectivity index (χ3n) is 3.91. The van der Waals surface area contributed by atoms with E-state index in [9.17, 15) is 14.7 Å². The minimum Gasteiger partial charge on any atom is -0.478 e. The maximum absolute atomic E-state index is 13.0. The highest BCUT2D eigenvalue weighted by molar-refractivity contribution is 6.03. The molecule has 0 saturated heterocycles. The molecular weight excluding hydrogens is 314 g/mol. The molecule has 1 unspecified atom stereocenters. The predicted molar refractivity (Wildman–Crippen MR) is 97.0 cm³/mol. The number of Topliss-reactive ketones (excluding diaryl/α,β-unsaturated/α-hetero) is 1. The predicted octanol–water partition coefficient (Wildman–Crippen LogP) is 4.42. The van der Waals surface area contributed by atoms with Gasteiger partial charge in [0.2, 0.25) is 0 Å². The molecule has 3 aromatic rings. The molecule has 4 nitrogen and oxygen atoms in total. The Morgan fingerprint density at radius 3 is 1.96 bits per heavy atom. The lowest BCUT2D eigenvalue weighted by Crippen LogP contribution is -2.22. The summed E-state index contributed by atoms with van der Waals surface area (Å²) in [6, 6.07) is 24.1. The number of hydrogen-bond acceptors (Lipinski definition) is 3. The third-order valence-corrected chi connectivity index (χ3v) is 3.91. The van der Waals surface area contributed by atoms with E-state index >= 15 is 0 Å². The minimum absolute atomic E-state index is 0.119. The van der Waals surface area contributed by atoms with Gasteiger partial charge in [-0.1, -0.05) is 72.8 Å². The quantitative estimate of drug-likeness (QED) is 0.656. The molecule has 0 aliphatic rings. The minimum atomic E-state index is -1.04. The molecule has 0 aromatic heterocycles. The summed E-state index contributed by atoms with van der Waals surface area (Å²) in [5.74, 6) is -1.16. The molecule has 3 rings (SSSR count). The Kier molecular flexibility index (Phi) is 4.90. The van der Waals surface area contributed by atoms with E-state index in [-0.39, 0.29) is 11.3 Å². The summed E-state index contributed by atoms with van der Waals surface area (Å²) in [6.07, 6.45) is 0. The SMILES string of the molecule is O=C(O)c1ccccc1NC(C(=O)c1ccccc1)c1ccccc1. The van der Waals surface area contributed by atoms with Crippen LogP contribution in [0.2, 0.25) is 0 Å². The van der Waals surface area contributed by atoms with Crippen molar-refractivity contribution >= 4 is 17.4 Å². The number of nitrogens with one attached hydrogen (secondary N) is 1. The number of aromatic carboxylic acids is 1. The first-order chi connectivity index (χ1) is 12.2. The van der Waals surface area contributed by atoms with Crippen molar-refractivity contribution in [3.8, 4) is 0 Å². The van der Waals surface area contributed by atoms with Gasteiger partial charge in [0.15, 0.2) is 5.78 Å². The van der Waals surface area contributed by atoms with Crippen molar-refractivity contribution in [1.82, 2.24) is 0 Å². The fourth-order valence-corrected chi connectivity index (χ4v) is 2.67. The maximum Gasteiger partial charge on any atom is 0.337 e. The van der Waals surface area contributed by atoms with Gasteiger partial charge >= 0.3 is 5.97 Å². The lowest BCUT2D eigenvalue weighted by Gasteiger charge is -2.20. The second-order valence-electron chi connectivity index (χ2n) is 5.57. The van der Waals surface area contributed by atoms with E-state index in [1.807, 2.05) is 36.4 Å². The lowest BCUT2D eigenvalue weighted by molar-refractivity contribution is 0.0697. The Morgan fingerprint density at radius 2 is 1.32 bits per heavy atom. The van der Waals surface area contributed by atoms with Gasteiger partial charge in [-0.25, -0.2) is 4.79 Å². The fraction of sp³-hybridized carbons (Fsp3) is 0.0476. The van der Waals surface area contributed by atoms with Gasteiger partial charge in [0, 0.05) is 11.3 Å². The fourth-order valence-electron chi connectivity index (χ4n) is 2.67. The molecule has 0 amide bonds. The molecule has 0 fully saturated rings. The van der Waals surface area contributed by atoms with Gasteiger partial charge in [0.05, 0.1) is 5.56 Å². The zero-order valence-corrected chi connectivity index (χ0v) is 13.4. The summed E-state index contributed by atoms with van der Waals surface area (Å²) in [6.45, 7) is 0. The second kappa shape index (κ2) is 7.45. The number of carboxylic acid groups (broad SMARTS) is 1. The van der Waals surface area contributed by atoms with Crippen LogP contribution < -0.4 is 5.32 Å². The molecule has 25 heavy (non-hydrogen) atoms. The highest BCUT2D eigenvalue weighted by Crippen LogP contribution is 2.26. The number of benzene rings is 3. The molecule has 124 valence electrons. The summed E-state index contributed by atoms with van der Waals surface area (Å²) in [7, 11) is 0. The van der Waals surface area contributed by atoms with Crippen molar-refractivity contribution in [2.75, 3.05) is 5.32 Å². The van der Waals surface area contributed by atoms with Crippen LogP contribution in [0, 0.1) is 0 Å². The molecule has 0 saturated carbocycles. The van der Waals surface area contributed by atoms with Gasteiger partial charge in [0.25, 0.3) is 0 Å². The Balaban J connectivity index is 2.01. The van der Waals surface area contributed by atoms with Gasteiger partial charge in [0.1, 0.15) is 6.04 Å². The molecule has 3 aromatic carbocycles. The van der Waals surface area contributed by atoms with E-state index in [0.717, 1.165) is 5.56 Å². The number of ketones is 1. The molecule has 0 spiro atoms. The van der Waals surface area contributed by atoms with Crippen molar-refractivity contribution in [2.45, 2.75) is 6.04 Å². The van der Waals surface area contributed by atoms with E-state index in [2.05, 4.69) is 5.32 Å². The average Bonchev–Trinajstić information content (AvgIpc) is 2.67. The maximum atomic E-state index is 13.0. The number of hydrogen-bond donors (Lipinski definition) is 2. The highest BCUT2D eigenvalue weighted by Gasteiger charge is 2.23. The number of para-hydroxylation sites is 1. The molecule has 0 heterocycles. The molecule has 0 bridgehead atoms. The molecule has 0 aliphatic heterocycles. The zero-order valence-electron chi connectivity index (χ0n) is 13.4. The topological polar surface area (TPSA) is 66.4 Å². The van der Waals surface area contributed by atoms with Crippen molar-refractivity contribution in [1.29, 1.82) is 0 Å². The smallest absolute Gasteiger partial charge is 0.337 e. The van der Waals surface area contributed by atoms with Gasteiger partial charge in [-0.15, -0.1) is 0 Å². The summed E-state index contributed by atoms with van der Waals surface area (Å²) in [5, 5.41) is 12.5. The van der Waals surface area contributed by atoms with Gasteiger partial charge in [-0.05, 0) is 17.7 Å². The molecule has 0 aliphatic carbocycles. The van der Waals surface area contributed by atoms with E-state index in [0.29, 0.717) is 11.3 Å². The summed E-state index contributed by atoms with van der Waals surface area (Å²) in [4.78, 5) is 24.5. The van der Waals surface area contributed by atoms with Crippen LogP contribution in [0.15, 0.2) is 84.9 Å². The molecule has 1 atom stereocenters. The summed E-state index contributed by atoms with van der Waals surface area (Å²) in [5.41, 5.74) is 1.88. The normalized spacial score (nSPS) is 11.5. The Labute approximate surface area is 145 Å². The van der Waals surface area contributed by atoms with Crippen LogP contribution in [0.5, 0.6) is 0 Å². The van der Waals surface area contributed by atoms with E-state index in [1.165, 1.54) is 6.07 Å². The van der Waals surface area contributed by atoms with E-state index < -0.39 is 12.0 Å². The number of anilines is 1. The number of carboxylic acids is 1. The molecule has 0 radical (unpaired) electrons. The highest BCUT2D eigenvalue weighted by atomic mass is 16.4. The van der Waals surface area contributed by atoms with Crippen LogP contribution >= 0.6 is 0 Å². The molecule has 2 N–H and O–H groups in total. The number of carbonyl (C=O) groups excluding carboxylic acids is 1. The van der Waals surface area contributed by atoms with Crippen LogP contribution in [-0.2, 0) is 0 Å². The first kappa shape index (κ1) is 16.5. The Morgan fingerprint density at radius 1 is 0.760 bits per heavy atom. The van der Waals surface area contributed by atoms with E-state index in [4.69, 9.17) is 0 Å². The largest absolute Gasteiger partial charge is 0.478 e. The standard InChI is InChI=1S/C21H17NO3/c23-20(16-11-5-2-6-12-16)19(15-9-3-1-4-10-15)22-18-14-8-7-13-17(18)21(24)25/h1-14,19,22H,(H,24,25). The average molecular weight is 331 g/mol. The molecule has 4 heteroatoms. The first-order valence-electron chi connectivity index (χ1n) is 7.90. The Bertz CT molecular complexity index is 876. The third kappa shape index (κ3) is 3.75. The van der Waals surface area contributed by atoms with Crippen LogP contribution in [-0.4, -0.2) is 16.9 Å². The number of carbonyl (C=O) groups is 2. The van der Waals surface area contributed by atoms with Crippen LogP contribution in [0.25, 0.3) is 0 Å². The van der Waals surface area contributed by atoms with Gasteiger partial charge in [-0.2, -0.15) is 0 Å². The van der Waals surface area contributed by atoms with Gasteiger partial charge in [-0.3, -0.25) is 4.79 Å². The van der Waals surface area contributed by atoms with Crippen LogP contribution in [0.4, 0.5) is 5.69 Å². The Hall–Kier alpha value is -3.40. The van der Waals surface area contributed by atoms with Crippen molar-refractivity contribution in [3.05, 3.63) is 102 Å².